The highest BCUT2D eigenvalue weighted by molar-refractivity contribution is 5.67. The molecular formula is C13H14N2O4. The summed E-state index contributed by atoms with van der Waals surface area (Å²) in [5, 5.41) is 18.2. The van der Waals surface area contributed by atoms with Crippen molar-refractivity contribution in [2.24, 2.45) is 0 Å². The van der Waals surface area contributed by atoms with Gasteiger partial charge in [0, 0.05) is 12.6 Å². The fraction of sp³-hybridized carbons (Fsp3) is 0.385. The number of hydrogen-bond donors (Lipinski definition) is 1. The van der Waals surface area contributed by atoms with Crippen molar-refractivity contribution in [1.29, 1.82) is 5.26 Å². The predicted octanol–water partition coefficient (Wildman–Crippen LogP) is 1.45. The van der Waals surface area contributed by atoms with E-state index in [0.717, 1.165) is 6.42 Å². The van der Waals surface area contributed by atoms with Crippen LogP contribution in [0.25, 0.3) is 0 Å². The second kappa shape index (κ2) is 6.07. The molecule has 1 fully saturated rings. The highest BCUT2D eigenvalue weighted by atomic mass is 17.2. The molecule has 1 N–H and O–H groups in total. The number of carbonyl (C=O) groups is 1. The maximum absolute atomic E-state index is 11.7. The van der Waals surface area contributed by atoms with Crippen molar-refractivity contribution >= 4 is 6.09 Å². The second-order valence-corrected chi connectivity index (χ2v) is 4.31. The number of nitriles is 1. The molecule has 6 heteroatoms. The third kappa shape index (κ3) is 3.60. The fourth-order valence-electron chi connectivity index (χ4n) is 1.87. The van der Waals surface area contributed by atoms with Crippen molar-refractivity contribution < 1.29 is 19.7 Å². The van der Waals surface area contributed by atoms with Gasteiger partial charge in [-0.3, -0.25) is 4.89 Å². The molecule has 1 saturated heterocycles. The zero-order valence-corrected chi connectivity index (χ0v) is 10.3. The lowest BCUT2D eigenvalue weighted by Crippen LogP contribution is -2.42. The average molecular weight is 262 g/mol. The van der Waals surface area contributed by atoms with Gasteiger partial charge in [-0.1, -0.05) is 6.07 Å². The summed E-state index contributed by atoms with van der Waals surface area (Å²) in [6.45, 7) is 0.790. The maximum Gasteiger partial charge on any atom is 0.452 e. The molecule has 1 aromatic carbocycles. The van der Waals surface area contributed by atoms with Crippen LogP contribution in [0.5, 0.6) is 5.75 Å². The van der Waals surface area contributed by atoms with E-state index in [-0.39, 0.29) is 12.3 Å². The molecule has 1 aromatic rings. The Morgan fingerprint density at radius 3 is 3.11 bits per heavy atom. The van der Waals surface area contributed by atoms with Crippen LogP contribution in [0.4, 0.5) is 4.79 Å². The predicted molar refractivity (Wildman–Crippen MR) is 65.1 cm³/mol. The van der Waals surface area contributed by atoms with Gasteiger partial charge in [0.1, 0.15) is 0 Å². The van der Waals surface area contributed by atoms with Crippen molar-refractivity contribution in [1.82, 2.24) is 4.90 Å². The molecule has 0 aromatic heterocycles. The van der Waals surface area contributed by atoms with Crippen molar-refractivity contribution in [2.75, 3.05) is 13.1 Å². The topological polar surface area (TPSA) is 82.8 Å². The van der Waals surface area contributed by atoms with Gasteiger partial charge in [0.05, 0.1) is 24.3 Å². The molecule has 0 saturated carbocycles. The van der Waals surface area contributed by atoms with Crippen molar-refractivity contribution in [2.45, 2.75) is 18.9 Å². The van der Waals surface area contributed by atoms with Crippen molar-refractivity contribution in [3.05, 3.63) is 29.8 Å². The van der Waals surface area contributed by atoms with E-state index in [1.54, 1.807) is 18.2 Å². The molecule has 19 heavy (non-hydrogen) atoms. The fourth-order valence-corrected chi connectivity index (χ4v) is 1.87. The summed E-state index contributed by atoms with van der Waals surface area (Å²) in [5.74, 6) is 0.282. The third-order valence-corrected chi connectivity index (χ3v) is 2.83. The summed E-state index contributed by atoms with van der Waals surface area (Å²) in [7, 11) is 0. The summed E-state index contributed by atoms with van der Waals surface area (Å²) >= 11 is 0. The molecule has 1 aliphatic heterocycles. The molecule has 2 rings (SSSR count). The number of β-amino-alcohol motifs (C(OH)–C–C–N with tert-alkyl or cyclic N) is 1. The summed E-state index contributed by atoms with van der Waals surface area (Å²) in [6, 6.07) is 8.27. The molecule has 6 nitrogen and oxygen atoms in total. The first-order chi connectivity index (χ1) is 9.19. The van der Waals surface area contributed by atoms with Gasteiger partial charge in [-0.05, 0) is 25.0 Å². The van der Waals surface area contributed by atoms with Gasteiger partial charge in [0.15, 0.2) is 5.75 Å². The molecule has 0 spiro atoms. The lowest BCUT2D eigenvalue weighted by molar-refractivity contribution is -0.156. The smallest absolute Gasteiger partial charge is 0.391 e. The Morgan fingerprint density at radius 1 is 1.53 bits per heavy atom. The summed E-state index contributed by atoms with van der Waals surface area (Å²) in [6.07, 6.45) is 0.277. The Kier molecular flexibility index (Phi) is 4.21. The zero-order valence-electron chi connectivity index (χ0n) is 10.3. The first kappa shape index (κ1) is 13.2. The van der Waals surface area contributed by atoms with Gasteiger partial charge in [0.2, 0.25) is 0 Å². The molecule has 0 radical (unpaired) electrons. The number of nitrogens with zero attached hydrogens (tertiary/aromatic N) is 2. The number of amides is 1. The standard InChI is InChI=1S/C13H14N2O4/c14-8-10-3-1-5-12(7-10)18-19-13(17)15-6-2-4-11(16)9-15/h1,3,5,7,11,16H,2,4,6,9H2. The van der Waals surface area contributed by atoms with E-state index in [0.29, 0.717) is 18.5 Å². The molecule has 0 bridgehead atoms. The largest absolute Gasteiger partial charge is 0.452 e. The van der Waals surface area contributed by atoms with Crippen LogP contribution in [0.3, 0.4) is 0 Å². The Hall–Kier alpha value is -2.26. The van der Waals surface area contributed by atoms with Crippen LogP contribution >= 0.6 is 0 Å². The van der Waals surface area contributed by atoms with Crippen LogP contribution in [0, 0.1) is 11.3 Å². The van der Waals surface area contributed by atoms with Gasteiger partial charge in [-0.15, -0.1) is 0 Å². The Labute approximate surface area is 110 Å². The number of aliphatic hydroxyl groups excluding tert-OH is 1. The lowest BCUT2D eigenvalue weighted by atomic mass is 10.1. The highest BCUT2D eigenvalue weighted by Gasteiger charge is 2.24. The summed E-state index contributed by atoms with van der Waals surface area (Å²) < 4.78 is 0. The van der Waals surface area contributed by atoms with Crippen LogP contribution in [0.2, 0.25) is 0 Å². The summed E-state index contributed by atoms with van der Waals surface area (Å²) in [4.78, 5) is 22.6. The Balaban J connectivity index is 1.87. The van der Waals surface area contributed by atoms with Crippen LogP contribution in [0.15, 0.2) is 24.3 Å². The molecule has 1 amide bonds. The first-order valence-electron chi connectivity index (χ1n) is 6.00. The lowest BCUT2D eigenvalue weighted by Gasteiger charge is -2.28. The molecule has 1 unspecified atom stereocenters. The SMILES string of the molecule is N#Cc1cccc(OOC(=O)N2CCCC(O)C2)c1. The number of aliphatic hydroxyl groups is 1. The minimum atomic E-state index is -0.638. The monoisotopic (exact) mass is 262 g/mol. The van der Waals surface area contributed by atoms with E-state index in [1.807, 2.05) is 6.07 Å². The van der Waals surface area contributed by atoms with Gasteiger partial charge in [-0.25, -0.2) is 9.68 Å². The van der Waals surface area contributed by atoms with Gasteiger partial charge < -0.3 is 10.0 Å². The van der Waals surface area contributed by atoms with Gasteiger partial charge in [0.25, 0.3) is 0 Å². The van der Waals surface area contributed by atoms with E-state index in [1.165, 1.54) is 11.0 Å². The zero-order chi connectivity index (χ0) is 13.7. The Bertz CT molecular complexity index is 498. The molecule has 1 atom stereocenters. The minimum absolute atomic E-state index is 0.250. The number of piperidine rings is 1. The van der Waals surface area contributed by atoms with Crippen LogP contribution in [-0.2, 0) is 4.89 Å². The van der Waals surface area contributed by atoms with E-state index < -0.39 is 12.2 Å². The van der Waals surface area contributed by atoms with Gasteiger partial charge >= 0.3 is 6.09 Å². The quantitative estimate of drug-likeness (QED) is 0.644. The van der Waals surface area contributed by atoms with E-state index in [9.17, 15) is 9.90 Å². The van der Waals surface area contributed by atoms with Crippen molar-refractivity contribution in [3.8, 4) is 11.8 Å². The van der Waals surface area contributed by atoms with Gasteiger partial charge in [-0.2, -0.15) is 5.26 Å². The van der Waals surface area contributed by atoms with Crippen LogP contribution in [-0.4, -0.2) is 35.3 Å². The van der Waals surface area contributed by atoms with Crippen LogP contribution in [0.1, 0.15) is 18.4 Å². The third-order valence-electron chi connectivity index (χ3n) is 2.83. The summed E-state index contributed by atoms with van der Waals surface area (Å²) in [5.41, 5.74) is 0.418. The van der Waals surface area contributed by atoms with E-state index in [2.05, 4.69) is 4.89 Å². The number of rotatable bonds is 2. The van der Waals surface area contributed by atoms with Crippen molar-refractivity contribution in [3.63, 3.8) is 0 Å². The Morgan fingerprint density at radius 2 is 2.37 bits per heavy atom. The molecule has 1 aliphatic rings. The maximum atomic E-state index is 11.7. The number of benzene rings is 1. The number of likely N-dealkylation sites (tertiary alicyclic amines) is 1. The highest BCUT2D eigenvalue weighted by Crippen LogP contribution is 2.15. The molecule has 0 aliphatic carbocycles. The number of hydrogen-bond acceptors (Lipinski definition) is 5. The van der Waals surface area contributed by atoms with Crippen LogP contribution < -0.4 is 4.89 Å². The van der Waals surface area contributed by atoms with E-state index in [4.69, 9.17) is 10.1 Å². The second-order valence-electron chi connectivity index (χ2n) is 4.31. The minimum Gasteiger partial charge on any atom is -0.391 e. The molecule has 100 valence electrons. The number of carbonyl (C=O) groups excluding carboxylic acids is 1. The first-order valence-corrected chi connectivity index (χ1v) is 6.00. The molecule has 1 heterocycles. The normalized spacial score (nSPS) is 18.5. The van der Waals surface area contributed by atoms with E-state index >= 15 is 0 Å². The molecular weight excluding hydrogens is 248 g/mol. The average Bonchev–Trinajstić information content (AvgIpc) is 2.45.